The van der Waals surface area contributed by atoms with Gasteiger partial charge in [-0.3, -0.25) is 4.79 Å². The molecule has 0 unspecified atom stereocenters. The Hall–Kier alpha value is -3.02. The van der Waals surface area contributed by atoms with Crippen molar-refractivity contribution in [3.05, 3.63) is 54.1 Å². The smallest absolute Gasteiger partial charge is 0.338 e. The summed E-state index contributed by atoms with van der Waals surface area (Å²) in [6, 6.07) is 13.7. The second-order valence-corrected chi connectivity index (χ2v) is 5.78. The average molecular weight is 371 g/mol. The van der Waals surface area contributed by atoms with Gasteiger partial charge in [-0.1, -0.05) is 25.5 Å². The van der Waals surface area contributed by atoms with Crippen LogP contribution in [0.2, 0.25) is 0 Å². The minimum atomic E-state index is -0.566. The van der Waals surface area contributed by atoms with Crippen LogP contribution in [-0.2, 0) is 9.53 Å². The molecule has 0 atom stereocenters. The summed E-state index contributed by atoms with van der Waals surface area (Å²) in [5.41, 5.74) is 0.898. The van der Waals surface area contributed by atoms with Gasteiger partial charge in [0.2, 0.25) is 0 Å². The van der Waals surface area contributed by atoms with Gasteiger partial charge in [-0.15, -0.1) is 0 Å². The third-order valence-corrected chi connectivity index (χ3v) is 3.65. The maximum absolute atomic E-state index is 12.1. The molecular weight excluding hydrogens is 346 g/mol. The lowest BCUT2D eigenvalue weighted by atomic mass is 10.2. The summed E-state index contributed by atoms with van der Waals surface area (Å²) in [5.74, 6) is 0.266. The Morgan fingerprint density at radius 1 is 0.963 bits per heavy atom. The summed E-state index contributed by atoms with van der Waals surface area (Å²) in [6.45, 7) is 4.70. The van der Waals surface area contributed by atoms with Gasteiger partial charge >= 0.3 is 5.97 Å². The van der Waals surface area contributed by atoms with Crippen molar-refractivity contribution < 1.29 is 23.8 Å². The van der Waals surface area contributed by atoms with E-state index in [2.05, 4.69) is 12.2 Å². The summed E-state index contributed by atoms with van der Waals surface area (Å²) in [4.78, 5) is 24.1. The van der Waals surface area contributed by atoms with Gasteiger partial charge in [0.25, 0.3) is 5.91 Å². The molecule has 1 N–H and O–H groups in total. The van der Waals surface area contributed by atoms with Crippen molar-refractivity contribution in [2.45, 2.75) is 26.7 Å². The normalized spacial score (nSPS) is 10.1. The van der Waals surface area contributed by atoms with Gasteiger partial charge in [-0.2, -0.15) is 0 Å². The monoisotopic (exact) mass is 371 g/mol. The van der Waals surface area contributed by atoms with Crippen LogP contribution >= 0.6 is 0 Å². The number of hydrogen-bond acceptors (Lipinski definition) is 5. The zero-order valence-electron chi connectivity index (χ0n) is 15.7. The Bertz CT molecular complexity index is 742. The molecule has 0 saturated heterocycles. The number of anilines is 1. The molecule has 0 heterocycles. The highest BCUT2D eigenvalue weighted by atomic mass is 16.5. The minimum absolute atomic E-state index is 0.361. The fourth-order valence-corrected chi connectivity index (χ4v) is 2.27. The minimum Gasteiger partial charge on any atom is -0.494 e. The van der Waals surface area contributed by atoms with Crippen LogP contribution in [0.25, 0.3) is 0 Å². The second-order valence-electron chi connectivity index (χ2n) is 5.78. The number of para-hydroxylation sites is 2. The van der Waals surface area contributed by atoms with Crippen LogP contribution in [0.15, 0.2) is 48.5 Å². The van der Waals surface area contributed by atoms with E-state index in [0.29, 0.717) is 36.0 Å². The fraction of sp³-hybridized carbons (Fsp3) is 0.333. The molecule has 0 saturated carbocycles. The molecule has 0 aromatic heterocycles. The summed E-state index contributed by atoms with van der Waals surface area (Å²) >= 11 is 0. The van der Waals surface area contributed by atoms with Gasteiger partial charge in [-0.05, 0) is 49.7 Å². The standard InChI is InChI=1S/C21H25NO5/c1-3-5-14-26-17-12-10-16(11-13-17)21(24)27-15-20(23)22-18-8-6-7-9-19(18)25-4-2/h6-13H,3-5,14-15H2,1-2H3,(H,22,23). The first-order chi connectivity index (χ1) is 13.1. The number of unbranched alkanes of at least 4 members (excludes halogenated alkanes) is 1. The lowest BCUT2D eigenvalue weighted by Gasteiger charge is -2.11. The van der Waals surface area contributed by atoms with Crippen molar-refractivity contribution in [2.24, 2.45) is 0 Å². The lowest BCUT2D eigenvalue weighted by Crippen LogP contribution is -2.21. The van der Waals surface area contributed by atoms with Gasteiger partial charge < -0.3 is 19.5 Å². The molecule has 144 valence electrons. The van der Waals surface area contributed by atoms with Crippen LogP contribution in [0.4, 0.5) is 5.69 Å². The maximum Gasteiger partial charge on any atom is 0.338 e. The van der Waals surface area contributed by atoms with E-state index < -0.39 is 11.9 Å². The van der Waals surface area contributed by atoms with Crippen LogP contribution in [-0.4, -0.2) is 31.7 Å². The van der Waals surface area contributed by atoms with E-state index in [1.165, 1.54) is 0 Å². The van der Waals surface area contributed by atoms with Crippen molar-refractivity contribution in [3.63, 3.8) is 0 Å². The molecular formula is C21H25NO5. The number of carbonyl (C=O) groups is 2. The number of carbonyl (C=O) groups excluding carboxylic acids is 2. The quantitative estimate of drug-likeness (QED) is 0.504. The number of benzene rings is 2. The molecule has 0 aliphatic heterocycles. The third-order valence-electron chi connectivity index (χ3n) is 3.65. The average Bonchev–Trinajstić information content (AvgIpc) is 2.68. The predicted molar refractivity (Wildman–Crippen MR) is 103 cm³/mol. The van der Waals surface area contributed by atoms with Crippen molar-refractivity contribution in [3.8, 4) is 11.5 Å². The molecule has 6 heteroatoms. The van der Waals surface area contributed by atoms with E-state index in [4.69, 9.17) is 14.2 Å². The molecule has 1 amide bonds. The first-order valence-electron chi connectivity index (χ1n) is 9.05. The highest BCUT2D eigenvalue weighted by molar-refractivity contribution is 5.96. The van der Waals surface area contributed by atoms with E-state index in [1.54, 1.807) is 42.5 Å². The third kappa shape index (κ3) is 6.66. The molecule has 0 aliphatic rings. The Labute approximate surface area is 159 Å². The SMILES string of the molecule is CCCCOc1ccc(C(=O)OCC(=O)Nc2ccccc2OCC)cc1. The number of rotatable bonds is 10. The number of amides is 1. The summed E-state index contributed by atoms with van der Waals surface area (Å²) in [7, 11) is 0. The van der Waals surface area contributed by atoms with Gasteiger partial charge in [0.1, 0.15) is 11.5 Å². The van der Waals surface area contributed by atoms with E-state index in [-0.39, 0.29) is 6.61 Å². The molecule has 0 radical (unpaired) electrons. The predicted octanol–water partition coefficient (Wildman–Crippen LogP) is 4.06. The van der Waals surface area contributed by atoms with E-state index in [0.717, 1.165) is 12.8 Å². The van der Waals surface area contributed by atoms with Crippen LogP contribution in [0.1, 0.15) is 37.0 Å². The number of hydrogen-bond donors (Lipinski definition) is 1. The number of ether oxygens (including phenoxy) is 3. The summed E-state index contributed by atoms with van der Waals surface area (Å²) < 4.78 is 16.1. The molecule has 0 bridgehead atoms. The largest absolute Gasteiger partial charge is 0.494 e. The van der Waals surface area contributed by atoms with E-state index in [9.17, 15) is 9.59 Å². The first-order valence-corrected chi connectivity index (χ1v) is 9.05. The van der Waals surface area contributed by atoms with Crippen molar-refractivity contribution in [1.29, 1.82) is 0 Å². The van der Waals surface area contributed by atoms with Crippen LogP contribution in [0, 0.1) is 0 Å². The molecule has 2 aromatic carbocycles. The van der Waals surface area contributed by atoms with Crippen LogP contribution in [0.3, 0.4) is 0 Å². The molecule has 0 aliphatic carbocycles. The summed E-state index contributed by atoms with van der Waals surface area (Å²) in [6.07, 6.45) is 2.03. The zero-order valence-corrected chi connectivity index (χ0v) is 15.7. The van der Waals surface area contributed by atoms with Gasteiger partial charge in [0, 0.05) is 0 Å². The van der Waals surface area contributed by atoms with Crippen molar-refractivity contribution >= 4 is 17.6 Å². The van der Waals surface area contributed by atoms with E-state index >= 15 is 0 Å². The van der Waals surface area contributed by atoms with Crippen LogP contribution < -0.4 is 14.8 Å². The van der Waals surface area contributed by atoms with Crippen molar-refractivity contribution in [1.82, 2.24) is 0 Å². The Morgan fingerprint density at radius 3 is 2.41 bits per heavy atom. The molecule has 0 spiro atoms. The molecule has 2 aromatic rings. The van der Waals surface area contributed by atoms with Gasteiger partial charge in [0.05, 0.1) is 24.5 Å². The van der Waals surface area contributed by atoms with Gasteiger partial charge in [-0.25, -0.2) is 4.79 Å². The van der Waals surface area contributed by atoms with E-state index in [1.807, 2.05) is 13.0 Å². The zero-order chi connectivity index (χ0) is 19.5. The highest BCUT2D eigenvalue weighted by Gasteiger charge is 2.12. The maximum atomic E-state index is 12.1. The first kappa shape index (κ1) is 20.3. The topological polar surface area (TPSA) is 73.9 Å². The van der Waals surface area contributed by atoms with Gasteiger partial charge in [0.15, 0.2) is 6.61 Å². The fourth-order valence-electron chi connectivity index (χ4n) is 2.27. The molecule has 27 heavy (non-hydrogen) atoms. The Kier molecular flexibility index (Phi) is 8.16. The number of esters is 1. The van der Waals surface area contributed by atoms with Crippen molar-refractivity contribution in [2.75, 3.05) is 25.1 Å². The van der Waals surface area contributed by atoms with Crippen LogP contribution in [0.5, 0.6) is 11.5 Å². The lowest BCUT2D eigenvalue weighted by molar-refractivity contribution is -0.119. The second kappa shape index (κ2) is 10.9. The molecule has 2 rings (SSSR count). The number of nitrogens with one attached hydrogen (secondary N) is 1. The Morgan fingerprint density at radius 2 is 1.70 bits per heavy atom. The molecule has 0 fully saturated rings. The Balaban J connectivity index is 1.83. The summed E-state index contributed by atoms with van der Waals surface area (Å²) in [5, 5.41) is 2.68. The molecule has 6 nitrogen and oxygen atoms in total. The highest BCUT2D eigenvalue weighted by Crippen LogP contribution is 2.23.